The third-order valence-electron chi connectivity index (χ3n) is 5.47. The van der Waals surface area contributed by atoms with E-state index in [-0.39, 0.29) is 6.04 Å². The molecule has 1 unspecified atom stereocenters. The van der Waals surface area contributed by atoms with Gasteiger partial charge in [-0.3, -0.25) is 10.1 Å². The van der Waals surface area contributed by atoms with Crippen LogP contribution in [-0.2, 0) is 11.2 Å². The van der Waals surface area contributed by atoms with Gasteiger partial charge in [-0.25, -0.2) is 4.68 Å². The number of carbonyl (C=O) groups is 1. The van der Waals surface area contributed by atoms with Gasteiger partial charge in [0.1, 0.15) is 17.8 Å². The number of hydrogen-bond acceptors (Lipinski definition) is 6. The van der Waals surface area contributed by atoms with Gasteiger partial charge in [-0.1, -0.05) is 49.6 Å². The molecule has 1 aromatic carbocycles. The van der Waals surface area contributed by atoms with E-state index in [9.17, 15) is 9.90 Å². The summed E-state index contributed by atoms with van der Waals surface area (Å²) >= 11 is 0. The highest BCUT2D eigenvalue weighted by Crippen LogP contribution is 2.31. The van der Waals surface area contributed by atoms with E-state index in [0.29, 0.717) is 18.0 Å². The lowest BCUT2D eigenvalue weighted by molar-refractivity contribution is -0.139. The van der Waals surface area contributed by atoms with Gasteiger partial charge in [0.05, 0.1) is 12.3 Å². The monoisotopic (exact) mass is 395 g/mol. The number of benzene rings is 1. The van der Waals surface area contributed by atoms with Crippen LogP contribution in [0, 0.1) is 0 Å². The van der Waals surface area contributed by atoms with Gasteiger partial charge in [0.15, 0.2) is 5.82 Å². The minimum absolute atomic E-state index is 0.227. The Morgan fingerprint density at radius 3 is 2.66 bits per heavy atom. The first-order valence-electron chi connectivity index (χ1n) is 10.1. The molecule has 1 fully saturated rings. The number of aromatic nitrogens is 4. The van der Waals surface area contributed by atoms with Gasteiger partial charge in [-0.05, 0) is 47.4 Å². The van der Waals surface area contributed by atoms with Crippen LogP contribution in [-0.4, -0.2) is 37.3 Å². The number of tetrazole rings is 1. The lowest BCUT2D eigenvalue weighted by Gasteiger charge is -2.26. The lowest BCUT2D eigenvalue weighted by Crippen LogP contribution is -2.42. The van der Waals surface area contributed by atoms with Crippen molar-refractivity contribution < 1.29 is 14.3 Å². The summed E-state index contributed by atoms with van der Waals surface area (Å²) in [5, 5.41) is 25.5. The second-order valence-electron chi connectivity index (χ2n) is 7.47. The summed E-state index contributed by atoms with van der Waals surface area (Å²) in [5.41, 5.74) is 0.942. The Balaban J connectivity index is 1.63. The molecule has 2 heterocycles. The average Bonchev–Trinajstić information content (AvgIpc) is 3.45. The Hall–Kier alpha value is -3.00. The molecule has 2 N–H and O–H groups in total. The van der Waals surface area contributed by atoms with Crippen LogP contribution in [0.15, 0.2) is 53.1 Å². The molecule has 4 rings (SSSR count). The number of aliphatic carboxylic acids is 1. The summed E-state index contributed by atoms with van der Waals surface area (Å²) in [6.07, 6.45) is 7.49. The summed E-state index contributed by atoms with van der Waals surface area (Å²) < 4.78 is 7.48. The molecular formula is C21H25N5O3. The zero-order valence-electron chi connectivity index (χ0n) is 16.1. The van der Waals surface area contributed by atoms with Gasteiger partial charge >= 0.3 is 5.97 Å². The molecule has 0 amide bonds. The highest BCUT2D eigenvalue weighted by molar-refractivity contribution is 5.74. The van der Waals surface area contributed by atoms with Gasteiger partial charge in [0.2, 0.25) is 0 Å². The summed E-state index contributed by atoms with van der Waals surface area (Å²) in [5.74, 6) is 0.254. The predicted octanol–water partition coefficient (Wildman–Crippen LogP) is 3.15. The van der Waals surface area contributed by atoms with Gasteiger partial charge in [0, 0.05) is 0 Å². The van der Waals surface area contributed by atoms with E-state index < -0.39 is 18.1 Å². The molecule has 0 bridgehead atoms. The van der Waals surface area contributed by atoms with Crippen molar-refractivity contribution in [2.75, 3.05) is 0 Å². The molecule has 0 spiro atoms. The fourth-order valence-electron chi connectivity index (χ4n) is 3.98. The molecule has 2 atom stereocenters. The summed E-state index contributed by atoms with van der Waals surface area (Å²) in [7, 11) is 0. The van der Waals surface area contributed by atoms with E-state index in [1.165, 1.54) is 6.42 Å². The minimum atomic E-state index is -0.929. The van der Waals surface area contributed by atoms with Gasteiger partial charge < -0.3 is 9.52 Å². The topological polar surface area (TPSA) is 106 Å². The van der Waals surface area contributed by atoms with Crippen LogP contribution in [0.1, 0.15) is 61.3 Å². The third kappa shape index (κ3) is 4.54. The standard InChI is InChI=1S/C21H25N5O3/c27-21(28)17(14-15-8-3-1-4-9-15)22-19(18-12-7-13-29-18)20-23-24-25-26(20)16-10-5-2-6-11-16/h1,3-4,7-9,12-13,16-17,19,22H,2,5-6,10-11,14H2,(H,27,28)/t17-,19?/m0/s1. The second kappa shape index (κ2) is 9.00. The van der Waals surface area contributed by atoms with Crippen LogP contribution in [0.25, 0.3) is 0 Å². The van der Waals surface area contributed by atoms with Crippen LogP contribution < -0.4 is 5.32 Å². The maximum Gasteiger partial charge on any atom is 0.321 e. The van der Waals surface area contributed by atoms with Crippen molar-refractivity contribution in [2.24, 2.45) is 0 Å². The number of carboxylic acids is 1. The van der Waals surface area contributed by atoms with Crippen molar-refractivity contribution in [3.63, 3.8) is 0 Å². The van der Waals surface area contributed by atoms with Crippen molar-refractivity contribution in [1.29, 1.82) is 0 Å². The molecule has 0 radical (unpaired) electrons. The van der Waals surface area contributed by atoms with Crippen molar-refractivity contribution >= 4 is 5.97 Å². The van der Waals surface area contributed by atoms with Crippen LogP contribution in [0.5, 0.6) is 0 Å². The average molecular weight is 395 g/mol. The van der Waals surface area contributed by atoms with Crippen molar-refractivity contribution in [2.45, 2.75) is 56.7 Å². The van der Waals surface area contributed by atoms with Crippen LogP contribution in [0.3, 0.4) is 0 Å². The van der Waals surface area contributed by atoms with E-state index in [2.05, 4.69) is 20.8 Å². The largest absolute Gasteiger partial charge is 0.480 e. The van der Waals surface area contributed by atoms with Crippen LogP contribution in [0.4, 0.5) is 0 Å². The molecule has 8 heteroatoms. The van der Waals surface area contributed by atoms with E-state index in [1.807, 2.05) is 41.1 Å². The highest BCUT2D eigenvalue weighted by atomic mass is 16.4. The minimum Gasteiger partial charge on any atom is -0.480 e. The zero-order valence-corrected chi connectivity index (χ0v) is 16.1. The first kappa shape index (κ1) is 19.3. The number of nitrogens with one attached hydrogen (secondary N) is 1. The van der Waals surface area contributed by atoms with E-state index in [0.717, 1.165) is 31.2 Å². The number of hydrogen-bond donors (Lipinski definition) is 2. The fraction of sp³-hybridized carbons (Fsp3) is 0.429. The normalized spacial score (nSPS) is 17.1. The van der Waals surface area contributed by atoms with Gasteiger partial charge in [-0.15, -0.1) is 5.10 Å². The molecular weight excluding hydrogens is 370 g/mol. The number of furan rings is 1. The van der Waals surface area contributed by atoms with Crippen molar-refractivity contribution in [1.82, 2.24) is 25.5 Å². The first-order chi connectivity index (χ1) is 14.2. The SMILES string of the molecule is O=C(O)[C@H](Cc1ccccc1)NC(c1ccco1)c1nnnn1C1CCCCC1. The van der Waals surface area contributed by atoms with E-state index >= 15 is 0 Å². The first-order valence-corrected chi connectivity index (χ1v) is 10.1. The van der Waals surface area contributed by atoms with Crippen molar-refractivity contribution in [3.05, 3.63) is 65.9 Å². The molecule has 152 valence electrons. The molecule has 2 aromatic heterocycles. The smallest absolute Gasteiger partial charge is 0.321 e. The van der Waals surface area contributed by atoms with Gasteiger partial charge in [-0.2, -0.15) is 0 Å². The lowest BCUT2D eigenvalue weighted by atomic mass is 9.95. The van der Waals surface area contributed by atoms with Crippen LogP contribution >= 0.6 is 0 Å². The molecule has 0 aliphatic heterocycles. The third-order valence-corrected chi connectivity index (χ3v) is 5.47. The zero-order chi connectivity index (χ0) is 20.1. The molecule has 0 saturated heterocycles. The molecule has 1 aliphatic rings. The Labute approximate surface area is 168 Å². The fourth-order valence-corrected chi connectivity index (χ4v) is 3.98. The summed E-state index contributed by atoms with van der Waals surface area (Å²) in [4.78, 5) is 12.0. The Morgan fingerprint density at radius 2 is 1.97 bits per heavy atom. The summed E-state index contributed by atoms with van der Waals surface area (Å²) in [6.45, 7) is 0. The number of rotatable bonds is 8. The van der Waals surface area contributed by atoms with E-state index in [1.54, 1.807) is 12.3 Å². The Kier molecular flexibility index (Phi) is 6.00. The quantitative estimate of drug-likeness (QED) is 0.603. The molecule has 8 nitrogen and oxygen atoms in total. The molecule has 29 heavy (non-hydrogen) atoms. The van der Waals surface area contributed by atoms with Crippen molar-refractivity contribution in [3.8, 4) is 0 Å². The second-order valence-corrected chi connectivity index (χ2v) is 7.47. The van der Waals surface area contributed by atoms with E-state index in [4.69, 9.17) is 4.42 Å². The molecule has 1 aliphatic carbocycles. The molecule has 3 aromatic rings. The van der Waals surface area contributed by atoms with Gasteiger partial charge in [0.25, 0.3) is 0 Å². The number of nitrogens with zero attached hydrogens (tertiary/aromatic N) is 4. The molecule has 1 saturated carbocycles. The summed E-state index contributed by atoms with van der Waals surface area (Å²) in [6, 6.07) is 12.0. The predicted molar refractivity (Wildman–Crippen MR) is 105 cm³/mol. The Bertz CT molecular complexity index is 904. The van der Waals surface area contributed by atoms with Crippen LogP contribution in [0.2, 0.25) is 0 Å². The maximum absolute atomic E-state index is 12.0. The maximum atomic E-state index is 12.0. The Morgan fingerprint density at radius 1 is 1.17 bits per heavy atom. The highest BCUT2D eigenvalue weighted by Gasteiger charge is 2.31. The number of carboxylic acid groups (broad SMARTS) is 1.